The number of hydrogen-bond acceptors (Lipinski definition) is 3. The highest BCUT2D eigenvalue weighted by atomic mass is 16.5. The summed E-state index contributed by atoms with van der Waals surface area (Å²) in [7, 11) is 3.30. The average molecular weight is 248 g/mol. The number of methoxy groups -OCH3 is 2. The molecule has 2 saturated carbocycles. The van der Waals surface area contributed by atoms with Crippen molar-refractivity contribution in [3.05, 3.63) is 23.8 Å². The minimum absolute atomic E-state index is 0.409. The van der Waals surface area contributed by atoms with Crippen molar-refractivity contribution < 1.29 is 14.6 Å². The molecule has 3 atom stereocenters. The Morgan fingerprint density at radius 2 is 2.11 bits per heavy atom. The van der Waals surface area contributed by atoms with Crippen LogP contribution in [0.5, 0.6) is 11.5 Å². The zero-order chi connectivity index (χ0) is 12.8. The van der Waals surface area contributed by atoms with Crippen molar-refractivity contribution in [2.75, 3.05) is 14.2 Å². The molecule has 2 aliphatic rings. The molecule has 3 rings (SSSR count). The van der Waals surface area contributed by atoms with Gasteiger partial charge in [0.2, 0.25) is 0 Å². The summed E-state index contributed by atoms with van der Waals surface area (Å²) in [5, 5.41) is 11.0. The first-order valence-corrected chi connectivity index (χ1v) is 6.64. The first-order valence-electron chi connectivity index (χ1n) is 6.64. The average Bonchev–Trinajstić information content (AvgIpc) is 3.19. The predicted octanol–water partition coefficient (Wildman–Crippen LogP) is 2.71. The predicted molar refractivity (Wildman–Crippen MR) is 68.9 cm³/mol. The van der Waals surface area contributed by atoms with Gasteiger partial charge in [0.15, 0.2) is 0 Å². The van der Waals surface area contributed by atoms with Gasteiger partial charge >= 0.3 is 0 Å². The molecule has 1 aromatic carbocycles. The summed E-state index contributed by atoms with van der Waals surface area (Å²) >= 11 is 0. The summed E-state index contributed by atoms with van der Waals surface area (Å²) in [4.78, 5) is 0. The molecule has 1 N–H and O–H groups in total. The van der Waals surface area contributed by atoms with Gasteiger partial charge in [-0.1, -0.05) is 0 Å². The van der Waals surface area contributed by atoms with Crippen molar-refractivity contribution >= 4 is 0 Å². The number of fused-ring (bicyclic) bond motifs is 1. The molecule has 0 aromatic heterocycles. The summed E-state index contributed by atoms with van der Waals surface area (Å²) in [5.74, 6) is 2.67. The van der Waals surface area contributed by atoms with Crippen LogP contribution in [0.2, 0.25) is 0 Å². The van der Waals surface area contributed by atoms with Crippen LogP contribution in [0, 0.1) is 11.8 Å². The Hall–Kier alpha value is -1.22. The van der Waals surface area contributed by atoms with E-state index in [1.54, 1.807) is 14.2 Å². The zero-order valence-electron chi connectivity index (χ0n) is 11.0. The van der Waals surface area contributed by atoms with Gasteiger partial charge in [0.1, 0.15) is 11.5 Å². The van der Waals surface area contributed by atoms with Gasteiger partial charge in [-0.2, -0.15) is 0 Å². The second-order valence-electron chi connectivity index (χ2n) is 5.48. The normalized spacial score (nSPS) is 33.7. The van der Waals surface area contributed by atoms with Crippen LogP contribution in [-0.4, -0.2) is 19.3 Å². The molecule has 2 aliphatic carbocycles. The Labute approximate surface area is 108 Å². The second kappa shape index (κ2) is 4.16. The van der Waals surface area contributed by atoms with E-state index in [1.165, 1.54) is 6.42 Å². The van der Waals surface area contributed by atoms with E-state index in [9.17, 15) is 5.11 Å². The molecule has 3 unspecified atom stereocenters. The van der Waals surface area contributed by atoms with Crippen LogP contribution in [0.4, 0.5) is 0 Å². The minimum Gasteiger partial charge on any atom is -0.497 e. The molecule has 98 valence electrons. The van der Waals surface area contributed by atoms with Crippen molar-refractivity contribution in [1.29, 1.82) is 0 Å². The van der Waals surface area contributed by atoms with E-state index in [2.05, 4.69) is 0 Å². The monoisotopic (exact) mass is 248 g/mol. The fourth-order valence-corrected chi connectivity index (χ4v) is 3.46. The highest BCUT2D eigenvalue weighted by molar-refractivity contribution is 5.45. The molecule has 0 radical (unpaired) electrons. The number of rotatable bonds is 3. The molecule has 0 aliphatic heterocycles. The van der Waals surface area contributed by atoms with E-state index in [1.807, 2.05) is 18.2 Å². The minimum atomic E-state index is -0.719. The van der Waals surface area contributed by atoms with E-state index in [0.717, 1.165) is 36.3 Å². The van der Waals surface area contributed by atoms with Gasteiger partial charge < -0.3 is 14.6 Å². The molecule has 18 heavy (non-hydrogen) atoms. The molecule has 0 bridgehead atoms. The molecule has 0 amide bonds. The van der Waals surface area contributed by atoms with Crippen molar-refractivity contribution in [3.8, 4) is 11.5 Å². The topological polar surface area (TPSA) is 38.7 Å². The van der Waals surface area contributed by atoms with E-state index < -0.39 is 5.60 Å². The maximum Gasteiger partial charge on any atom is 0.125 e. The van der Waals surface area contributed by atoms with Gasteiger partial charge in [-0.15, -0.1) is 0 Å². The molecule has 0 heterocycles. The molecular formula is C15H20O3. The third-order valence-electron chi connectivity index (χ3n) is 4.54. The summed E-state index contributed by atoms with van der Waals surface area (Å²) in [6.45, 7) is 0. The maximum absolute atomic E-state index is 11.0. The molecule has 2 fully saturated rings. The highest BCUT2D eigenvalue weighted by Gasteiger charge is 2.55. The van der Waals surface area contributed by atoms with Gasteiger partial charge in [0, 0.05) is 5.56 Å². The Kier molecular flexibility index (Phi) is 2.74. The Bertz CT molecular complexity index is 457. The van der Waals surface area contributed by atoms with Gasteiger partial charge in [-0.05, 0) is 55.7 Å². The second-order valence-corrected chi connectivity index (χ2v) is 5.48. The fraction of sp³-hybridized carbons (Fsp3) is 0.600. The number of hydrogen-bond donors (Lipinski definition) is 1. The Balaban J connectivity index is 2.03. The molecule has 1 aromatic rings. The van der Waals surface area contributed by atoms with E-state index in [-0.39, 0.29) is 0 Å². The number of aliphatic hydroxyl groups is 1. The zero-order valence-corrected chi connectivity index (χ0v) is 11.0. The number of benzene rings is 1. The standard InChI is InChI=1S/C15H20O3/c1-17-11-5-6-14(18-2)13(9-11)15(16)7-3-4-10-8-12(10)15/h5-6,9-10,12,16H,3-4,7-8H2,1-2H3. The summed E-state index contributed by atoms with van der Waals surface area (Å²) in [6.07, 6.45) is 4.34. The van der Waals surface area contributed by atoms with Crippen LogP contribution in [0.25, 0.3) is 0 Å². The van der Waals surface area contributed by atoms with Gasteiger partial charge in [0.05, 0.1) is 19.8 Å². The smallest absolute Gasteiger partial charge is 0.125 e. The third-order valence-corrected chi connectivity index (χ3v) is 4.54. The largest absolute Gasteiger partial charge is 0.497 e. The summed E-state index contributed by atoms with van der Waals surface area (Å²) in [5.41, 5.74) is 0.180. The molecule has 0 spiro atoms. The van der Waals surface area contributed by atoms with Crippen molar-refractivity contribution in [3.63, 3.8) is 0 Å². The van der Waals surface area contributed by atoms with E-state index in [0.29, 0.717) is 11.8 Å². The SMILES string of the molecule is COc1ccc(OC)c(C2(O)CCCC3CC32)c1. The molecule has 0 saturated heterocycles. The summed E-state index contributed by atoms with van der Waals surface area (Å²) < 4.78 is 10.7. The lowest BCUT2D eigenvalue weighted by atomic mass is 9.79. The van der Waals surface area contributed by atoms with Crippen LogP contribution >= 0.6 is 0 Å². The van der Waals surface area contributed by atoms with Gasteiger partial charge in [0.25, 0.3) is 0 Å². The van der Waals surface area contributed by atoms with E-state index in [4.69, 9.17) is 9.47 Å². The van der Waals surface area contributed by atoms with Crippen molar-refractivity contribution in [2.45, 2.75) is 31.3 Å². The van der Waals surface area contributed by atoms with Gasteiger partial charge in [-0.25, -0.2) is 0 Å². The Morgan fingerprint density at radius 1 is 1.28 bits per heavy atom. The fourth-order valence-electron chi connectivity index (χ4n) is 3.46. The lowest BCUT2D eigenvalue weighted by Gasteiger charge is -2.33. The van der Waals surface area contributed by atoms with Crippen molar-refractivity contribution in [1.82, 2.24) is 0 Å². The van der Waals surface area contributed by atoms with Crippen LogP contribution < -0.4 is 9.47 Å². The van der Waals surface area contributed by atoms with Crippen LogP contribution in [0.3, 0.4) is 0 Å². The van der Waals surface area contributed by atoms with E-state index >= 15 is 0 Å². The third kappa shape index (κ3) is 1.69. The first kappa shape index (κ1) is 11.8. The highest BCUT2D eigenvalue weighted by Crippen LogP contribution is 2.60. The lowest BCUT2D eigenvalue weighted by molar-refractivity contribution is -0.0180. The lowest BCUT2D eigenvalue weighted by Crippen LogP contribution is -2.32. The molecule has 3 nitrogen and oxygen atoms in total. The summed E-state index contributed by atoms with van der Waals surface area (Å²) in [6, 6.07) is 5.69. The maximum atomic E-state index is 11.0. The van der Waals surface area contributed by atoms with Crippen LogP contribution in [0.15, 0.2) is 18.2 Å². The molecular weight excluding hydrogens is 228 g/mol. The van der Waals surface area contributed by atoms with Gasteiger partial charge in [-0.3, -0.25) is 0 Å². The number of ether oxygens (including phenoxy) is 2. The first-order chi connectivity index (χ1) is 8.69. The van der Waals surface area contributed by atoms with Crippen LogP contribution in [-0.2, 0) is 5.60 Å². The Morgan fingerprint density at radius 3 is 2.83 bits per heavy atom. The van der Waals surface area contributed by atoms with Crippen molar-refractivity contribution in [2.24, 2.45) is 11.8 Å². The van der Waals surface area contributed by atoms with Crippen LogP contribution in [0.1, 0.15) is 31.2 Å². The molecule has 3 heteroatoms. The quantitative estimate of drug-likeness (QED) is 0.894.